The van der Waals surface area contributed by atoms with Gasteiger partial charge in [0, 0.05) is 23.5 Å². The Labute approximate surface area is 148 Å². The molecule has 0 aliphatic heterocycles. The summed E-state index contributed by atoms with van der Waals surface area (Å²) >= 11 is 0. The lowest BCUT2D eigenvalue weighted by Gasteiger charge is -2.42. The number of rotatable bonds is 3. The molecule has 2 aliphatic carbocycles. The minimum Gasteiger partial charge on any atom is -0.399 e. The fourth-order valence-corrected chi connectivity index (χ4v) is 4.79. The number of hydrogen-bond donors (Lipinski definition) is 1. The van der Waals surface area contributed by atoms with Crippen LogP contribution in [0, 0.1) is 0 Å². The lowest BCUT2D eigenvalue weighted by Crippen LogP contribution is -2.44. The van der Waals surface area contributed by atoms with Crippen LogP contribution < -0.4 is 10.6 Å². The lowest BCUT2D eigenvalue weighted by molar-refractivity contribution is 0.360. The van der Waals surface area contributed by atoms with Crippen LogP contribution in [-0.2, 0) is 0 Å². The molecule has 1 aromatic carbocycles. The zero-order valence-electron chi connectivity index (χ0n) is 15.4. The molecule has 0 aromatic heterocycles. The molecule has 2 aliphatic rings. The maximum absolute atomic E-state index is 5.96. The Kier molecular flexibility index (Phi) is 6.86. The predicted molar refractivity (Wildman–Crippen MR) is 106 cm³/mol. The van der Waals surface area contributed by atoms with Crippen LogP contribution in [0.25, 0.3) is 0 Å². The maximum Gasteiger partial charge on any atom is 0.0372 e. The van der Waals surface area contributed by atoms with Crippen molar-refractivity contribution in [3.05, 3.63) is 24.3 Å². The zero-order chi connectivity index (χ0) is 16.6. The molecular weight excluding hydrogens is 292 g/mol. The monoisotopic (exact) mass is 328 g/mol. The van der Waals surface area contributed by atoms with E-state index >= 15 is 0 Å². The fraction of sp³-hybridized carbons (Fsp3) is 0.727. The van der Waals surface area contributed by atoms with Gasteiger partial charge in [-0.25, -0.2) is 0 Å². The Morgan fingerprint density at radius 3 is 1.38 bits per heavy atom. The van der Waals surface area contributed by atoms with Crippen molar-refractivity contribution in [2.45, 2.75) is 102 Å². The molecule has 0 saturated heterocycles. The van der Waals surface area contributed by atoms with Crippen molar-refractivity contribution in [1.29, 1.82) is 0 Å². The predicted octanol–water partition coefficient (Wildman–Crippen LogP) is 6.30. The van der Waals surface area contributed by atoms with Crippen LogP contribution in [0.4, 0.5) is 11.4 Å². The summed E-state index contributed by atoms with van der Waals surface area (Å²) in [5.74, 6) is 0. The molecule has 2 heteroatoms. The van der Waals surface area contributed by atoms with E-state index < -0.39 is 0 Å². The second-order valence-corrected chi connectivity index (χ2v) is 8.00. The van der Waals surface area contributed by atoms with Gasteiger partial charge in [-0.3, -0.25) is 0 Å². The molecule has 0 spiro atoms. The molecule has 0 amide bonds. The standard InChI is InChI=1S/C22H36N2/c23-19-15-17-22(18-16-19)24(20-11-7-3-1-4-8-12-20)21-13-9-5-2-6-10-14-21/h15-18,20-21H,1-14,23H2. The Bertz CT molecular complexity index is 429. The first-order chi connectivity index (χ1) is 11.8. The molecule has 2 N–H and O–H groups in total. The average molecular weight is 329 g/mol. The average Bonchev–Trinajstić information content (AvgIpc) is 2.52. The molecule has 24 heavy (non-hydrogen) atoms. The molecule has 134 valence electrons. The van der Waals surface area contributed by atoms with Crippen LogP contribution in [0.1, 0.15) is 89.9 Å². The summed E-state index contributed by atoms with van der Waals surface area (Å²) in [5.41, 5.74) is 8.26. The minimum absolute atomic E-state index is 0.735. The van der Waals surface area contributed by atoms with Crippen molar-refractivity contribution < 1.29 is 0 Å². The molecule has 2 nitrogen and oxygen atoms in total. The highest BCUT2D eigenvalue weighted by Gasteiger charge is 2.27. The molecule has 2 saturated carbocycles. The molecule has 0 atom stereocenters. The summed E-state index contributed by atoms with van der Waals surface area (Å²) in [4.78, 5) is 2.83. The quantitative estimate of drug-likeness (QED) is 0.660. The van der Waals surface area contributed by atoms with Crippen LogP contribution >= 0.6 is 0 Å². The Morgan fingerprint density at radius 1 is 0.583 bits per heavy atom. The van der Waals surface area contributed by atoms with Gasteiger partial charge in [0.15, 0.2) is 0 Å². The Morgan fingerprint density at radius 2 is 0.958 bits per heavy atom. The maximum atomic E-state index is 5.96. The van der Waals surface area contributed by atoms with Crippen molar-refractivity contribution in [1.82, 2.24) is 0 Å². The van der Waals surface area contributed by atoms with Crippen molar-refractivity contribution in [2.75, 3.05) is 10.6 Å². The van der Waals surface area contributed by atoms with Gasteiger partial charge in [0.2, 0.25) is 0 Å². The first-order valence-electron chi connectivity index (χ1n) is 10.5. The number of hydrogen-bond acceptors (Lipinski definition) is 2. The van der Waals surface area contributed by atoms with Crippen molar-refractivity contribution >= 4 is 11.4 Å². The molecule has 1 aromatic rings. The summed E-state index contributed by atoms with van der Waals surface area (Å²) in [6.07, 6.45) is 19.7. The Hall–Kier alpha value is -1.18. The van der Waals surface area contributed by atoms with E-state index in [4.69, 9.17) is 5.73 Å². The van der Waals surface area contributed by atoms with Crippen molar-refractivity contribution in [3.8, 4) is 0 Å². The van der Waals surface area contributed by atoms with Gasteiger partial charge in [-0.05, 0) is 49.9 Å². The molecule has 3 rings (SSSR count). The third-order valence-corrected chi connectivity index (χ3v) is 6.13. The van der Waals surface area contributed by atoms with E-state index in [2.05, 4.69) is 29.2 Å². The number of nitrogens with zero attached hydrogens (tertiary/aromatic N) is 1. The normalized spacial score (nSPS) is 22.2. The second kappa shape index (κ2) is 9.34. The number of benzene rings is 1. The zero-order valence-corrected chi connectivity index (χ0v) is 15.4. The molecule has 0 heterocycles. The van der Waals surface area contributed by atoms with Crippen molar-refractivity contribution in [3.63, 3.8) is 0 Å². The SMILES string of the molecule is Nc1ccc(N(C2CCCCCCC2)C2CCCCCCC2)cc1. The lowest BCUT2D eigenvalue weighted by atomic mass is 9.90. The van der Waals surface area contributed by atoms with Gasteiger partial charge in [-0.2, -0.15) is 0 Å². The summed E-state index contributed by atoms with van der Waals surface area (Å²) < 4.78 is 0. The van der Waals surface area contributed by atoms with Crippen LogP contribution in [0.2, 0.25) is 0 Å². The molecule has 0 unspecified atom stereocenters. The summed E-state index contributed by atoms with van der Waals surface area (Å²) in [5, 5.41) is 0. The van der Waals surface area contributed by atoms with E-state index in [0.29, 0.717) is 0 Å². The van der Waals surface area contributed by atoms with Gasteiger partial charge >= 0.3 is 0 Å². The van der Waals surface area contributed by atoms with E-state index in [1.165, 1.54) is 95.6 Å². The third kappa shape index (κ3) is 4.91. The number of anilines is 2. The highest BCUT2D eigenvalue weighted by Crippen LogP contribution is 2.33. The number of nitrogen functional groups attached to an aromatic ring is 1. The largest absolute Gasteiger partial charge is 0.399 e. The van der Waals surface area contributed by atoms with E-state index in [0.717, 1.165) is 17.8 Å². The molecule has 2 fully saturated rings. The van der Waals surface area contributed by atoms with Gasteiger partial charge in [-0.1, -0.05) is 64.2 Å². The Balaban J connectivity index is 1.81. The summed E-state index contributed by atoms with van der Waals surface area (Å²) in [6.45, 7) is 0. The van der Waals surface area contributed by atoms with Gasteiger partial charge in [0.1, 0.15) is 0 Å². The van der Waals surface area contributed by atoms with Gasteiger partial charge in [-0.15, -0.1) is 0 Å². The van der Waals surface area contributed by atoms with E-state index in [1.807, 2.05) is 0 Å². The second-order valence-electron chi connectivity index (χ2n) is 8.00. The van der Waals surface area contributed by atoms with Crippen LogP contribution in [-0.4, -0.2) is 12.1 Å². The van der Waals surface area contributed by atoms with Crippen LogP contribution in [0.15, 0.2) is 24.3 Å². The highest BCUT2D eigenvalue weighted by molar-refractivity contribution is 5.54. The topological polar surface area (TPSA) is 29.3 Å². The number of nitrogens with two attached hydrogens (primary N) is 1. The minimum atomic E-state index is 0.735. The van der Waals surface area contributed by atoms with Gasteiger partial charge in [0.25, 0.3) is 0 Å². The van der Waals surface area contributed by atoms with E-state index in [-0.39, 0.29) is 0 Å². The van der Waals surface area contributed by atoms with Gasteiger partial charge in [0.05, 0.1) is 0 Å². The van der Waals surface area contributed by atoms with Crippen molar-refractivity contribution in [2.24, 2.45) is 0 Å². The third-order valence-electron chi connectivity index (χ3n) is 6.13. The molecule has 0 bridgehead atoms. The van der Waals surface area contributed by atoms with Gasteiger partial charge < -0.3 is 10.6 Å². The van der Waals surface area contributed by atoms with Crippen LogP contribution in [0.5, 0.6) is 0 Å². The van der Waals surface area contributed by atoms with E-state index in [9.17, 15) is 0 Å². The van der Waals surface area contributed by atoms with Crippen LogP contribution in [0.3, 0.4) is 0 Å². The smallest absolute Gasteiger partial charge is 0.0372 e. The molecular formula is C22H36N2. The van der Waals surface area contributed by atoms with E-state index in [1.54, 1.807) is 0 Å². The first kappa shape index (κ1) is 17.6. The highest BCUT2D eigenvalue weighted by atomic mass is 15.2. The summed E-state index contributed by atoms with van der Waals surface area (Å²) in [7, 11) is 0. The first-order valence-corrected chi connectivity index (χ1v) is 10.5. The molecule has 0 radical (unpaired) electrons. The fourth-order valence-electron chi connectivity index (χ4n) is 4.79. The summed E-state index contributed by atoms with van der Waals surface area (Å²) in [6, 6.07) is 10.2.